The van der Waals surface area contributed by atoms with Crippen molar-refractivity contribution in [3.05, 3.63) is 11.6 Å². The Morgan fingerprint density at radius 3 is 2.73 bits per heavy atom. The van der Waals surface area contributed by atoms with Gasteiger partial charge in [-0.15, -0.1) is 0 Å². The van der Waals surface area contributed by atoms with Crippen LogP contribution in [-0.2, 0) is 0 Å². The molecule has 0 aliphatic heterocycles. The van der Waals surface area contributed by atoms with Crippen molar-refractivity contribution in [1.82, 2.24) is 0 Å². The Morgan fingerprint density at radius 2 is 2.27 bits per heavy atom. The van der Waals surface area contributed by atoms with Gasteiger partial charge in [0.25, 0.3) is 0 Å². The van der Waals surface area contributed by atoms with Gasteiger partial charge in [0, 0.05) is 0 Å². The van der Waals surface area contributed by atoms with E-state index in [9.17, 15) is 5.11 Å². The van der Waals surface area contributed by atoms with E-state index in [1.54, 1.807) is 0 Å². The van der Waals surface area contributed by atoms with Crippen LogP contribution in [0.15, 0.2) is 11.6 Å². The van der Waals surface area contributed by atoms with Crippen LogP contribution in [0.25, 0.3) is 0 Å². The number of hydrogen-bond donors (Lipinski definition) is 1. The predicted molar refractivity (Wildman–Crippen MR) is 47.4 cm³/mol. The molecular formula is C10H18O. The molecule has 11 heavy (non-hydrogen) atoms. The van der Waals surface area contributed by atoms with Crippen LogP contribution in [0, 0.1) is 5.92 Å². The Balaban J connectivity index is 2.36. The van der Waals surface area contributed by atoms with Crippen molar-refractivity contribution in [3.8, 4) is 0 Å². The zero-order chi connectivity index (χ0) is 8.27. The molecule has 1 N–H and O–H groups in total. The van der Waals surface area contributed by atoms with Gasteiger partial charge in [0.05, 0.1) is 6.10 Å². The van der Waals surface area contributed by atoms with E-state index in [1.807, 2.05) is 0 Å². The zero-order valence-electron chi connectivity index (χ0n) is 7.51. The summed E-state index contributed by atoms with van der Waals surface area (Å²) in [5.41, 5.74) is 1.41. The van der Waals surface area contributed by atoms with Crippen LogP contribution in [0.1, 0.15) is 39.5 Å². The summed E-state index contributed by atoms with van der Waals surface area (Å²) in [5, 5.41) is 9.51. The molecule has 0 amide bonds. The van der Waals surface area contributed by atoms with Gasteiger partial charge in [-0.25, -0.2) is 0 Å². The first kappa shape index (κ1) is 8.79. The van der Waals surface area contributed by atoms with Crippen LogP contribution in [0.3, 0.4) is 0 Å². The summed E-state index contributed by atoms with van der Waals surface area (Å²) in [6, 6.07) is 0. The third kappa shape index (κ3) is 2.33. The molecule has 0 heterocycles. The van der Waals surface area contributed by atoms with Gasteiger partial charge in [0.15, 0.2) is 0 Å². The Hall–Kier alpha value is -0.300. The number of rotatable bonds is 2. The summed E-state index contributed by atoms with van der Waals surface area (Å²) in [5.74, 6) is 0.547. The van der Waals surface area contributed by atoms with E-state index in [0.717, 1.165) is 12.8 Å². The first-order chi connectivity index (χ1) is 5.24. The fourth-order valence-corrected chi connectivity index (χ4v) is 1.79. The highest BCUT2D eigenvalue weighted by Crippen LogP contribution is 2.30. The third-order valence-corrected chi connectivity index (χ3v) is 2.70. The molecule has 64 valence electrons. The van der Waals surface area contributed by atoms with Crippen LogP contribution in [-0.4, -0.2) is 11.2 Å². The first-order valence-corrected chi connectivity index (χ1v) is 4.54. The van der Waals surface area contributed by atoms with Gasteiger partial charge in [-0.2, -0.15) is 0 Å². The second kappa shape index (κ2) is 3.91. The third-order valence-electron chi connectivity index (χ3n) is 2.70. The largest absolute Gasteiger partial charge is 0.393 e. The summed E-state index contributed by atoms with van der Waals surface area (Å²) >= 11 is 0. The minimum absolute atomic E-state index is 0.0232. The van der Waals surface area contributed by atoms with Gasteiger partial charge in [-0.1, -0.05) is 18.1 Å². The van der Waals surface area contributed by atoms with Gasteiger partial charge in [-0.3, -0.25) is 0 Å². The van der Waals surface area contributed by atoms with Crippen molar-refractivity contribution in [2.24, 2.45) is 5.92 Å². The molecule has 1 aliphatic carbocycles. The van der Waals surface area contributed by atoms with E-state index in [4.69, 9.17) is 0 Å². The average molecular weight is 154 g/mol. The highest BCUT2D eigenvalue weighted by molar-refractivity contribution is 4.99. The average Bonchev–Trinajstić information content (AvgIpc) is 2.37. The van der Waals surface area contributed by atoms with E-state index < -0.39 is 0 Å². The van der Waals surface area contributed by atoms with Crippen LogP contribution in [0.4, 0.5) is 0 Å². The van der Waals surface area contributed by atoms with Crippen molar-refractivity contribution in [1.29, 1.82) is 0 Å². The molecule has 0 bridgehead atoms. The normalized spacial score (nSPS) is 32.8. The lowest BCUT2D eigenvalue weighted by Crippen LogP contribution is -2.12. The fourth-order valence-electron chi connectivity index (χ4n) is 1.79. The molecule has 1 rings (SSSR count). The Bertz CT molecular complexity index is 149. The van der Waals surface area contributed by atoms with Gasteiger partial charge in [-0.05, 0) is 39.0 Å². The molecule has 0 radical (unpaired) electrons. The number of allylic oxidation sites excluding steroid dienone is 2. The Kier molecular flexibility index (Phi) is 3.13. The van der Waals surface area contributed by atoms with Crippen molar-refractivity contribution in [2.45, 2.75) is 45.6 Å². The minimum atomic E-state index is -0.0232. The number of aliphatic hydroxyl groups excluding tert-OH is 1. The number of aliphatic hydroxyl groups is 1. The lowest BCUT2D eigenvalue weighted by molar-refractivity contribution is 0.132. The van der Waals surface area contributed by atoms with Crippen molar-refractivity contribution in [3.63, 3.8) is 0 Å². The molecule has 1 fully saturated rings. The maximum atomic E-state index is 9.51. The Labute approximate surface area is 69.1 Å². The molecule has 1 saturated carbocycles. The molecule has 0 aromatic rings. The highest BCUT2D eigenvalue weighted by atomic mass is 16.3. The topological polar surface area (TPSA) is 20.2 Å². The van der Waals surface area contributed by atoms with Crippen LogP contribution < -0.4 is 0 Å². The van der Waals surface area contributed by atoms with Gasteiger partial charge < -0.3 is 5.11 Å². The standard InChI is InChI=1S/C10H18O/c1-3-8(2)7-9-5-4-6-10(9)11/h3,9-11H,4-7H2,1-2H3/b8-3+. The Morgan fingerprint density at radius 1 is 1.55 bits per heavy atom. The molecule has 2 unspecified atom stereocenters. The SMILES string of the molecule is C/C=C(\C)CC1CCCC1O. The maximum absolute atomic E-state index is 9.51. The van der Waals surface area contributed by atoms with Crippen molar-refractivity contribution in [2.75, 3.05) is 0 Å². The molecule has 2 atom stereocenters. The van der Waals surface area contributed by atoms with Gasteiger partial charge >= 0.3 is 0 Å². The predicted octanol–water partition coefficient (Wildman–Crippen LogP) is 2.50. The van der Waals surface area contributed by atoms with Gasteiger partial charge in [0.2, 0.25) is 0 Å². The molecule has 0 aromatic heterocycles. The number of hydrogen-bond acceptors (Lipinski definition) is 1. The molecule has 1 nitrogen and oxygen atoms in total. The lowest BCUT2D eigenvalue weighted by atomic mass is 9.97. The molecule has 1 heteroatoms. The van der Waals surface area contributed by atoms with Crippen molar-refractivity contribution >= 4 is 0 Å². The van der Waals surface area contributed by atoms with E-state index in [1.165, 1.54) is 18.4 Å². The van der Waals surface area contributed by atoms with E-state index in [0.29, 0.717) is 5.92 Å². The summed E-state index contributed by atoms with van der Waals surface area (Å²) < 4.78 is 0. The second-order valence-electron chi connectivity index (χ2n) is 3.60. The fraction of sp³-hybridized carbons (Fsp3) is 0.800. The first-order valence-electron chi connectivity index (χ1n) is 4.54. The smallest absolute Gasteiger partial charge is 0.0571 e. The van der Waals surface area contributed by atoms with Crippen LogP contribution >= 0.6 is 0 Å². The summed E-state index contributed by atoms with van der Waals surface area (Å²) in [7, 11) is 0. The highest BCUT2D eigenvalue weighted by Gasteiger charge is 2.24. The quantitative estimate of drug-likeness (QED) is 0.606. The maximum Gasteiger partial charge on any atom is 0.0571 e. The summed E-state index contributed by atoms with van der Waals surface area (Å²) in [6.45, 7) is 4.21. The zero-order valence-corrected chi connectivity index (χ0v) is 7.51. The second-order valence-corrected chi connectivity index (χ2v) is 3.60. The monoisotopic (exact) mass is 154 g/mol. The molecule has 0 aromatic carbocycles. The molecule has 0 spiro atoms. The molecule has 0 saturated heterocycles. The van der Waals surface area contributed by atoms with E-state index in [2.05, 4.69) is 19.9 Å². The van der Waals surface area contributed by atoms with E-state index in [-0.39, 0.29) is 6.10 Å². The van der Waals surface area contributed by atoms with E-state index >= 15 is 0 Å². The lowest BCUT2D eigenvalue weighted by Gasteiger charge is -2.13. The molecule has 1 aliphatic rings. The summed E-state index contributed by atoms with van der Waals surface area (Å²) in [6.07, 6.45) is 6.66. The van der Waals surface area contributed by atoms with Gasteiger partial charge in [0.1, 0.15) is 0 Å². The van der Waals surface area contributed by atoms with Crippen LogP contribution in [0.5, 0.6) is 0 Å². The summed E-state index contributed by atoms with van der Waals surface area (Å²) in [4.78, 5) is 0. The molecular weight excluding hydrogens is 136 g/mol. The van der Waals surface area contributed by atoms with Crippen molar-refractivity contribution < 1.29 is 5.11 Å². The minimum Gasteiger partial charge on any atom is -0.393 e. The van der Waals surface area contributed by atoms with Crippen LogP contribution in [0.2, 0.25) is 0 Å².